The molecule has 0 N–H and O–H groups in total. The summed E-state index contributed by atoms with van der Waals surface area (Å²) in [5.41, 5.74) is 0. The lowest BCUT2D eigenvalue weighted by Gasteiger charge is -1.77. The first-order chi connectivity index (χ1) is 17.0. The van der Waals surface area contributed by atoms with Crippen LogP contribution in [0.15, 0.2) is 138 Å². The molecule has 0 aliphatic carbocycles. The number of unbranched alkanes of at least 4 members (excludes halogenated alkanes) is 2. The number of hydrogen-bond acceptors (Lipinski definition) is 0. The minimum atomic E-state index is 0. The van der Waals surface area contributed by atoms with Gasteiger partial charge in [0, 0.05) is 0 Å². The quantitative estimate of drug-likeness (QED) is 0.143. The van der Waals surface area contributed by atoms with Gasteiger partial charge in [-0.15, -0.1) is 32.9 Å². The third-order valence-electron chi connectivity index (χ3n) is 2.75. The van der Waals surface area contributed by atoms with E-state index in [1.54, 1.807) is 24.3 Å². The summed E-state index contributed by atoms with van der Waals surface area (Å²) in [6, 6.07) is 0. The smallest absolute Gasteiger partial charge is 0.0350 e. The van der Waals surface area contributed by atoms with Crippen LogP contribution in [0.2, 0.25) is 0 Å². The molecule has 0 aromatic carbocycles. The van der Waals surface area contributed by atoms with Crippen molar-refractivity contribution in [3.63, 3.8) is 0 Å². The summed E-state index contributed by atoms with van der Waals surface area (Å²) in [6.07, 6.45) is 35.1. The van der Waals surface area contributed by atoms with Crippen molar-refractivity contribution in [2.45, 2.75) is 361 Å². The Labute approximate surface area is 496 Å². The molecule has 0 saturated carbocycles. The summed E-state index contributed by atoms with van der Waals surface area (Å²) in [4.78, 5) is 0. The second-order valence-corrected chi connectivity index (χ2v) is 6.16. The van der Waals surface area contributed by atoms with Gasteiger partial charge in [-0.2, -0.15) is 0 Å². The van der Waals surface area contributed by atoms with Crippen molar-refractivity contribution >= 4 is 0 Å². The Kier molecular flexibility index (Phi) is 6590. The predicted molar refractivity (Wildman–Crippen MR) is 424 cm³/mol. The average molecular weight is 1080 g/mol. The Hall–Kier alpha value is -2.86. The lowest BCUT2D eigenvalue weighted by molar-refractivity contribution is 0.959. The van der Waals surface area contributed by atoms with Crippen LogP contribution >= 0.6 is 0 Å². The minimum absolute atomic E-state index is 0. The van der Waals surface area contributed by atoms with Crippen LogP contribution in [-0.4, -0.2) is 0 Å². The molecule has 0 aromatic rings. The monoisotopic (exact) mass is 1080 g/mol. The number of allylic oxidation sites excluding steroid dienone is 14. The van der Waals surface area contributed by atoms with E-state index in [0.717, 1.165) is 25.7 Å². The van der Waals surface area contributed by atoms with Gasteiger partial charge in [0.05, 0.1) is 0 Å². The fraction of sp³-hybridized carbons (Fsp3) is 0.694. The lowest BCUT2D eigenvalue weighted by atomic mass is 10.3. The van der Waals surface area contributed by atoms with Crippen LogP contribution < -0.4 is 0 Å². The fourth-order valence-electron chi connectivity index (χ4n) is 1.15. The first kappa shape index (κ1) is 508. The minimum Gasteiger partial charge on any atom is -0.106 e. The van der Waals surface area contributed by atoms with Crippen LogP contribution in [0.25, 0.3) is 0 Å². The number of hydrogen-bond donors (Lipinski definition) is 0. The van der Waals surface area contributed by atoms with Gasteiger partial charge in [0.2, 0.25) is 0 Å². The molecule has 0 unspecified atom stereocenters. The van der Waals surface area contributed by atoms with E-state index in [4.69, 9.17) is 0 Å². The summed E-state index contributed by atoms with van der Waals surface area (Å²) in [5, 5.41) is 0. The van der Waals surface area contributed by atoms with Gasteiger partial charge in [-0.1, -0.05) is 427 Å². The lowest BCUT2D eigenvalue weighted by Crippen LogP contribution is -1.56. The molecule has 0 aliphatic heterocycles. The molecule has 0 heterocycles. The van der Waals surface area contributed by atoms with E-state index in [1.807, 2.05) is 49.5 Å². The van der Waals surface area contributed by atoms with Crippen molar-refractivity contribution in [3.05, 3.63) is 138 Å². The second kappa shape index (κ2) is 933. The van der Waals surface area contributed by atoms with Gasteiger partial charge in [0.25, 0.3) is 0 Å². The van der Waals surface area contributed by atoms with E-state index in [1.165, 1.54) is 19.3 Å². The summed E-state index contributed by atoms with van der Waals surface area (Å²) in [6.45, 7) is 39.4. The maximum atomic E-state index is 3.55. The highest BCUT2D eigenvalue weighted by Crippen LogP contribution is 1.86. The van der Waals surface area contributed by atoms with Gasteiger partial charge in [-0.3, -0.25) is 0 Å². The Balaban J connectivity index is -0.00000000283. The normalized spacial score (nSPS) is 4.08. The van der Waals surface area contributed by atoms with Crippen LogP contribution in [0.4, 0.5) is 0 Å². The average Bonchev–Trinajstić information content (AvgIpc) is 2.89. The zero-order valence-corrected chi connectivity index (χ0v) is 24.7. The van der Waals surface area contributed by atoms with Crippen LogP contribution in [0.1, 0.15) is 361 Å². The van der Waals surface area contributed by atoms with Gasteiger partial charge in [-0.05, 0) is 39.0 Å². The Bertz CT molecular complexity index is 480. The van der Waals surface area contributed by atoms with Gasteiger partial charge >= 0.3 is 0 Å². The van der Waals surface area contributed by atoms with E-state index in [-0.39, 0.29) is 275 Å². The van der Waals surface area contributed by atoms with Gasteiger partial charge in [0.1, 0.15) is 0 Å². The Morgan fingerprint density at radius 2 is 0.417 bits per heavy atom. The van der Waals surface area contributed by atoms with E-state index in [2.05, 4.69) is 105 Å². The van der Waals surface area contributed by atoms with Crippen molar-refractivity contribution in [2.75, 3.05) is 0 Å². The molecule has 0 spiro atoms. The molecule has 0 aliphatic rings. The van der Waals surface area contributed by atoms with Crippen LogP contribution in [0.5, 0.6) is 0 Å². The molecule has 0 nitrogen and oxygen atoms in total. The van der Waals surface area contributed by atoms with Crippen molar-refractivity contribution in [3.8, 4) is 0 Å². The van der Waals surface area contributed by atoms with Crippen molar-refractivity contribution in [1.82, 2.24) is 0 Å². The third kappa shape index (κ3) is 1990. The largest absolute Gasteiger partial charge is 0.106 e. The topological polar surface area (TPSA) is 0 Å². The summed E-state index contributed by atoms with van der Waals surface area (Å²) < 4.78 is 0. The molecule has 0 bridgehead atoms. The highest BCUT2D eigenvalue weighted by molar-refractivity contribution is 5.08. The van der Waals surface area contributed by atoms with Crippen molar-refractivity contribution in [1.29, 1.82) is 0 Å². The standard InChI is InChI=1S/C8H12.C7H12.C6H10.C5H10.C4H8.C3H6.C2H4.37CH4/c1-3-5-7-8-6-4-2;1-3-5-7-6-4-2;1-3-5-6-4-2;1-3-5-4-2;1-3-4-2;1-3-2;1-2;;;;;;;;;;;;;;;;;;;;;;;;;;;;;;;;;;;;;/h3,5-8H,1,4H2,2H3;3,5,7H,1,4,6H2,2H3;3,5-6H,1,4H2,2H3;3H,1,4-5H2,2H3;3H,1,4H2,2H3;3H,1H2,2H3;1-2H2;37*1H4/b7-5+,8-6+;7-5+;6-5+;;;;;;;;;;;;;;;;;;;;;;;;;;;;;;;;;;;;;;;;;. The summed E-state index contributed by atoms with van der Waals surface area (Å²) in [7, 11) is 0. The molecule has 0 heteroatoms. The van der Waals surface area contributed by atoms with Crippen LogP contribution in [0.3, 0.4) is 0 Å². The zero-order chi connectivity index (χ0) is 28.8. The van der Waals surface area contributed by atoms with Crippen LogP contribution in [-0.2, 0) is 0 Å². The number of rotatable bonds is 11. The molecule has 0 amide bonds. The summed E-state index contributed by atoms with van der Waals surface area (Å²) >= 11 is 0. The van der Waals surface area contributed by atoms with E-state index < -0.39 is 0 Å². The highest BCUT2D eigenvalue weighted by atomic mass is 13.7. The third-order valence-corrected chi connectivity index (χ3v) is 2.75. The van der Waals surface area contributed by atoms with Crippen LogP contribution in [0, 0.1) is 0 Å². The van der Waals surface area contributed by atoms with Gasteiger partial charge in [0.15, 0.2) is 0 Å². The highest BCUT2D eigenvalue weighted by Gasteiger charge is 1.66. The second-order valence-electron chi connectivity index (χ2n) is 6.16. The maximum absolute atomic E-state index is 3.55. The molecule has 0 rings (SSSR count). The first-order valence-electron chi connectivity index (χ1n) is 12.8. The molecule has 0 aromatic heterocycles. The molecule has 0 radical (unpaired) electrons. The molecule has 0 atom stereocenters. The van der Waals surface area contributed by atoms with E-state index in [9.17, 15) is 0 Å². The zero-order valence-electron chi connectivity index (χ0n) is 24.7. The fourth-order valence-corrected chi connectivity index (χ4v) is 1.15. The molecule has 0 saturated heterocycles. The molecule has 0 fully saturated rings. The molecule has 72 heavy (non-hydrogen) atoms. The van der Waals surface area contributed by atoms with Gasteiger partial charge in [-0.25, -0.2) is 0 Å². The maximum Gasteiger partial charge on any atom is -0.0350 e. The molecular formula is C72H210. The van der Waals surface area contributed by atoms with E-state index in [0.29, 0.717) is 0 Å². The Morgan fingerprint density at radius 3 is 0.528 bits per heavy atom. The predicted octanol–water partition coefficient (Wildman–Crippen LogP) is 36.4. The van der Waals surface area contributed by atoms with Crippen molar-refractivity contribution in [2.24, 2.45) is 0 Å². The SMILES string of the molecule is C.C.C.C.C.C.C.C.C.C.C.C.C.C.C.C.C.C.C.C.C.C.C.C.C.C.C.C.C.C.C.C.C.C.C.C.C.C=C.C=C/C=C/C=C/CC.C=C/C=C/CC.C=C/C=C/CCC.C=CC.C=CCC.C=CCCC. The molecule has 498 valence electrons. The first-order valence-corrected chi connectivity index (χ1v) is 12.8. The Morgan fingerprint density at radius 1 is 0.236 bits per heavy atom. The molecular weight excluding hydrogens is 865 g/mol. The van der Waals surface area contributed by atoms with Gasteiger partial charge < -0.3 is 0 Å². The van der Waals surface area contributed by atoms with Crippen molar-refractivity contribution < 1.29 is 0 Å². The summed E-state index contributed by atoms with van der Waals surface area (Å²) in [5.74, 6) is 0. The van der Waals surface area contributed by atoms with E-state index >= 15 is 0 Å².